The van der Waals surface area contributed by atoms with E-state index in [1.807, 2.05) is 12.1 Å². The van der Waals surface area contributed by atoms with E-state index >= 15 is 0 Å². The lowest BCUT2D eigenvalue weighted by Crippen LogP contribution is -2.15. The Morgan fingerprint density at radius 3 is 2.25 bits per heavy atom. The molecule has 1 heteroatoms. The van der Waals surface area contributed by atoms with Crippen LogP contribution in [0.15, 0.2) is 24.3 Å². The summed E-state index contributed by atoms with van der Waals surface area (Å²) in [4.78, 5) is 11.8. The van der Waals surface area contributed by atoms with E-state index in [1.54, 1.807) is 0 Å². The fourth-order valence-electron chi connectivity index (χ4n) is 1.87. The van der Waals surface area contributed by atoms with E-state index in [1.165, 1.54) is 5.56 Å². The van der Waals surface area contributed by atoms with Crippen LogP contribution < -0.4 is 0 Å². The molecule has 0 heterocycles. The Morgan fingerprint density at radius 2 is 1.81 bits per heavy atom. The van der Waals surface area contributed by atoms with Gasteiger partial charge in [0.15, 0.2) is 5.78 Å². The summed E-state index contributed by atoms with van der Waals surface area (Å²) in [5, 5.41) is 0. The van der Waals surface area contributed by atoms with Crippen molar-refractivity contribution in [3.8, 4) is 0 Å². The molecule has 0 radical (unpaired) electrons. The molecule has 86 valence electrons. The molecule has 1 aromatic carbocycles. The first-order valence-corrected chi connectivity index (χ1v) is 6.19. The molecular formula is C15H20O. The standard InChI is InChI=1S/C15H20O/c1-4-15(2,3)13-9-7-12(8-10-13)14(16)11-5-6-11/h7-11H,4-6H2,1-3H3. The van der Waals surface area contributed by atoms with Crippen molar-refractivity contribution in [2.45, 2.75) is 45.4 Å². The van der Waals surface area contributed by atoms with Crippen molar-refractivity contribution < 1.29 is 4.79 Å². The van der Waals surface area contributed by atoms with Crippen LogP contribution in [0.3, 0.4) is 0 Å². The van der Waals surface area contributed by atoms with E-state index in [-0.39, 0.29) is 5.41 Å². The van der Waals surface area contributed by atoms with Crippen molar-refractivity contribution >= 4 is 5.78 Å². The molecule has 2 rings (SSSR count). The molecule has 1 saturated carbocycles. The Bertz CT molecular complexity index is 382. The quantitative estimate of drug-likeness (QED) is 0.696. The summed E-state index contributed by atoms with van der Waals surface area (Å²) in [6.45, 7) is 6.68. The Hall–Kier alpha value is -1.11. The summed E-state index contributed by atoms with van der Waals surface area (Å²) in [5.74, 6) is 0.658. The number of hydrogen-bond donors (Lipinski definition) is 0. The number of Topliss-reactive ketones (excluding diaryl/α,β-unsaturated/α-hetero) is 1. The smallest absolute Gasteiger partial charge is 0.165 e. The highest BCUT2D eigenvalue weighted by Gasteiger charge is 2.30. The lowest BCUT2D eigenvalue weighted by atomic mass is 9.82. The summed E-state index contributed by atoms with van der Waals surface area (Å²) in [7, 11) is 0. The van der Waals surface area contributed by atoms with Gasteiger partial charge in [0, 0.05) is 11.5 Å². The molecule has 0 aliphatic heterocycles. The van der Waals surface area contributed by atoms with Gasteiger partial charge in [0.2, 0.25) is 0 Å². The highest BCUT2D eigenvalue weighted by Crippen LogP contribution is 2.33. The molecule has 0 spiro atoms. The van der Waals surface area contributed by atoms with Crippen molar-refractivity contribution in [3.63, 3.8) is 0 Å². The van der Waals surface area contributed by atoms with Crippen LogP contribution >= 0.6 is 0 Å². The minimum atomic E-state index is 0.209. The molecule has 0 bridgehead atoms. The molecule has 0 amide bonds. The third kappa shape index (κ3) is 2.18. The zero-order valence-corrected chi connectivity index (χ0v) is 10.4. The van der Waals surface area contributed by atoms with Gasteiger partial charge in [-0.2, -0.15) is 0 Å². The predicted octanol–water partition coefficient (Wildman–Crippen LogP) is 3.97. The minimum absolute atomic E-state index is 0.209. The third-order valence-electron chi connectivity index (χ3n) is 3.78. The van der Waals surface area contributed by atoms with Crippen molar-refractivity contribution in [1.82, 2.24) is 0 Å². The van der Waals surface area contributed by atoms with E-state index in [9.17, 15) is 4.79 Å². The highest BCUT2D eigenvalue weighted by atomic mass is 16.1. The van der Waals surface area contributed by atoms with Crippen LogP contribution in [0.4, 0.5) is 0 Å². The Kier molecular flexibility index (Phi) is 2.88. The zero-order chi connectivity index (χ0) is 11.8. The number of carbonyl (C=O) groups excluding carboxylic acids is 1. The van der Waals surface area contributed by atoms with Crippen LogP contribution in [0.25, 0.3) is 0 Å². The maximum atomic E-state index is 11.8. The molecule has 16 heavy (non-hydrogen) atoms. The van der Waals surface area contributed by atoms with Gasteiger partial charge in [-0.1, -0.05) is 45.0 Å². The number of carbonyl (C=O) groups is 1. The lowest BCUT2D eigenvalue weighted by Gasteiger charge is -2.23. The average molecular weight is 216 g/mol. The largest absolute Gasteiger partial charge is 0.294 e. The molecule has 0 unspecified atom stereocenters. The van der Waals surface area contributed by atoms with Gasteiger partial charge in [-0.25, -0.2) is 0 Å². The molecular weight excluding hydrogens is 196 g/mol. The number of rotatable bonds is 4. The van der Waals surface area contributed by atoms with E-state index in [2.05, 4.69) is 32.9 Å². The molecule has 1 aliphatic carbocycles. The SMILES string of the molecule is CCC(C)(C)c1ccc(C(=O)C2CC2)cc1. The maximum Gasteiger partial charge on any atom is 0.165 e. The second-order valence-electron chi connectivity index (χ2n) is 5.45. The average Bonchev–Trinajstić information content (AvgIpc) is 3.12. The first kappa shape index (κ1) is 11.4. The van der Waals surface area contributed by atoms with Gasteiger partial charge >= 0.3 is 0 Å². The topological polar surface area (TPSA) is 17.1 Å². The van der Waals surface area contributed by atoms with Crippen LogP contribution in [-0.4, -0.2) is 5.78 Å². The van der Waals surface area contributed by atoms with Crippen molar-refractivity contribution in [1.29, 1.82) is 0 Å². The molecule has 1 aliphatic rings. The van der Waals surface area contributed by atoms with Gasteiger partial charge in [0.25, 0.3) is 0 Å². The Morgan fingerprint density at radius 1 is 1.25 bits per heavy atom. The van der Waals surface area contributed by atoms with E-state index in [4.69, 9.17) is 0 Å². The van der Waals surface area contributed by atoms with Gasteiger partial charge in [-0.05, 0) is 30.2 Å². The lowest BCUT2D eigenvalue weighted by molar-refractivity contribution is 0.0967. The van der Waals surface area contributed by atoms with Gasteiger partial charge in [-0.3, -0.25) is 4.79 Å². The second-order valence-corrected chi connectivity index (χ2v) is 5.45. The summed E-state index contributed by atoms with van der Waals surface area (Å²) >= 11 is 0. The van der Waals surface area contributed by atoms with E-state index < -0.39 is 0 Å². The maximum absolute atomic E-state index is 11.8. The fourth-order valence-corrected chi connectivity index (χ4v) is 1.87. The monoisotopic (exact) mass is 216 g/mol. The van der Waals surface area contributed by atoms with Gasteiger partial charge in [0.05, 0.1) is 0 Å². The van der Waals surface area contributed by atoms with Crippen molar-refractivity contribution in [3.05, 3.63) is 35.4 Å². The molecule has 0 saturated heterocycles. The van der Waals surface area contributed by atoms with Crippen LogP contribution in [0, 0.1) is 5.92 Å². The van der Waals surface area contributed by atoms with E-state index in [0.717, 1.165) is 24.8 Å². The second kappa shape index (κ2) is 4.04. The van der Waals surface area contributed by atoms with Crippen LogP contribution in [0.1, 0.15) is 56.0 Å². The summed E-state index contributed by atoms with van der Waals surface area (Å²) in [5.41, 5.74) is 2.42. The number of benzene rings is 1. The summed E-state index contributed by atoms with van der Waals surface area (Å²) in [6.07, 6.45) is 3.28. The van der Waals surface area contributed by atoms with Gasteiger partial charge in [0.1, 0.15) is 0 Å². The zero-order valence-electron chi connectivity index (χ0n) is 10.4. The number of ketones is 1. The summed E-state index contributed by atoms with van der Waals surface area (Å²) in [6, 6.07) is 8.21. The first-order chi connectivity index (χ1) is 7.54. The van der Waals surface area contributed by atoms with Crippen LogP contribution in [0.2, 0.25) is 0 Å². The van der Waals surface area contributed by atoms with Crippen LogP contribution in [0.5, 0.6) is 0 Å². The van der Waals surface area contributed by atoms with Gasteiger partial charge in [-0.15, -0.1) is 0 Å². The highest BCUT2D eigenvalue weighted by molar-refractivity contribution is 5.99. The van der Waals surface area contributed by atoms with Crippen molar-refractivity contribution in [2.75, 3.05) is 0 Å². The van der Waals surface area contributed by atoms with Crippen molar-refractivity contribution in [2.24, 2.45) is 5.92 Å². The molecule has 1 fully saturated rings. The summed E-state index contributed by atoms with van der Waals surface area (Å²) < 4.78 is 0. The fraction of sp³-hybridized carbons (Fsp3) is 0.533. The van der Waals surface area contributed by atoms with Gasteiger partial charge < -0.3 is 0 Å². The third-order valence-corrected chi connectivity index (χ3v) is 3.78. The molecule has 0 aromatic heterocycles. The Labute approximate surface area is 97.9 Å². The molecule has 0 N–H and O–H groups in total. The normalized spacial score (nSPS) is 16.2. The number of hydrogen-bond acceptors (Lipinski definition) is 1. The van der Waals surface area contributed by atoms with Crippen LogP contribution in [-0.2, 0) is 5.41 Å². The Balaban J connectivity index is 2.18. The molecule has 0 atom stereocenters. The predicted molar refractivity (Wildman–Crippen MR) is 66.8 cm³/mol. The molecule has 1 aromatic rings. The van der Waals surface area contributed by atoms with E-state index in [0.29, 0.717) is 11.7 Å². The minimum Gasteiger partial charge on any atom is -0.294 e. The first-order valence-electron chi connectivity index (χ1n) is 6.19. The molecule has 1 nitrogen and oxygen atoms in total.